The van der Waals surface area contributed by atoms with Gasteiger partial charge in [-0.3, -0.25) is 9.59 Å². The van der Waals surface area contributed by atoms with E-state index in [9.17, 15) is 9.59 Å². The van der Waals surface area contributed by atoms with Gasteiger partial charge >= 0.3 is 0 Å². The second kappa shape index (κ2) is 7.75. The molecular formula is C15H28N4O2. The zero-order chi connectivity index (χ0) is 15.2. The minimum Gasteiger partial charge on any atom is -0.343 e. The number of carbonyl (C=O) groups is 2. The first-order chi connectivity index (χ1) is 10.1. The maximum Gasteiger partial charge on any atom is 0.236 e. The molecule has 6 heteroatoms. The van der Waals surface area contributed by atoms with E-state index in [1.165, 1.54) is 0 Å². The summed E-state index contributed by atoms with van der Waals surface area (Å²) in [5.41, 5.74) is 0. The average molecular weight is 296 g/mol. The van der Waals surface area contributed by atoms with E-state index in [4.69, 9.17) is 0 Å². The van der Waals surface area contributed by atoms with Gasteiger partial charge in [0.25, 0.3) is 0 Å². The molecule has 0 aromatic heterocycles. The van der Waals surface area contributed by atoms with Crippen LogP contribution >= 0.6 is 0 Å². The lowest BCUT2D eigenvalue weighted by Crippen LogP contribution is -2.48. The van der Waals surface area contributed by atoms with Gasteiger partial charge in [0.2, 0.25) is 11.8 Å². The zero-order valence-electron chi connectivity index (χ0n) is 13.3. The molecule has 0 aromatic carbocycles. The first-order valence-corrected chi connectivity index (χ1v) is 8.02. The highest BCUT2D eigenvalue weighted by Gasteiger charge is 2.26. The van der Waals surface area contributed by atoms with Gasteiger partial charge in [-0.1, -0.05) is 0 Å². The molecule has 6 nitrogen and oxygen atoms in total. The van der Waals surface area contributed by atoms with Crippen molar-refractivity contribution in [3.05, 3.63) is 0 Å². The van der Waals surface area contributed by atoms with Crippen LogP contribution < -0.4 is 5.32 Å². The summed E-state index contributed by atoms with van der Waals surface area (Å²) in [6, 6.07) is 0.493. The van der Waals surface area contributed by atoms with E-state index >= 15 is 0 Å². The topological polar surface area (TPSA) is 55.9 Å². The lowest BCUT2D eigenvalue weighted by molar-refractivity contribution is -0.135. The Kier molecular flexibility index (Phi) is 5.99. The van der Waals surface area contributed by atoms with Crippen molar-refractivity contribution in [1.82, 2.24) is 20.0 Å². The predicted octanol–water partition coefficient (Wildman–Crippen LogP) is -0.249. The van der Waals surface area contributed by atoms with E-state index in [1.807, 2.05) is 9.80 Å². The van der Waals surface area contributed by atoms with Gasteiger partial charge < -0.3 is 20.0 Å². The normalized spacial score (nSPS) is 19.8. The second-order valence-corrected chi connectivity index (χ2v) is 6.11. The Morgan fingerprint density at radius 3 is 2.24 bits per heavy atom. The summed E-state index contributed by atoms with van der Waals surface area (Å²) in [6.45, 7) is 4.78. The fourth-order valence-corrected chi connectivity index (χ4v) is 3.00. The maximum atomic E-state index is 11.9. The van der Waals surface area contributed by atoms with Crippen molar-refractivity contribution in [2.24, 2.45) is 0 Å². The van der Waals surface area contributed by atoms with Crippen LogP contribution in [0.2, 0.25) is 0 Å². The third-order valence-electron chi connectivity index (χ3n) is 4.66. The van der Waals surface area contributed by atoms with Crippen LogP contribution in [0.5, 0.6) is 0 Å². The predicted molar refractivity (Wildman–Crippen MR) is 82.0 cm³/mol. The quantitative estimate of drug-likeness (QED) is 0.734. The highest BCUT2D eigenvalue weighted by molar-refractivity contribution is 5.78. The average Bonchev–Trinajstić information content (AvgIpc) is 2.43. The molecule has 0 spiro atoms. The van der Waals surface area contributed by atoms with Crippen molar-refractivity contribution in [2.75, 3.05) is 53.4 Å². The van der Waals surface area contributed by atoms with Gasteiger partial charge in [-0.2, -0.15) is 0 Å². The summed E-state index contributed by atoms with van der Waals surface area (Å²) in [5, 5.41) is 2.91. The van der Waals surface area contributed by atoms with Gasteiger partial charge in [-0.25, -0.2) is 0 Å². The van der Waals surface area contributed by atoms with Gasteiger partial charge in [-0.05, 0) is 33.4 Å². The van der Waals surface area contributed by atoms with E-state index in [0.717, 1.165) is 52.0 Å². The summed E-state index contributed by atoms with van der Waals surface area (Å²) >= 11 is 0. The Hall–Kier alpha value is -1.14. The molecule has 0 unspecified atom stereocenters. The molecule has 120 valence electrons. The number of hydrogen-bond acceptors (Lipinski definition) is 4. The molecule has 21 heavy (non-hydrogen) atoms. The van der Waals surface area contributed by atoms with Crippen molar-refractivity contribution < 1.29 is 9.59 Å². The third-order valence-corrected chi connectivity index (χ3v) is 4.66. The summed E-state index contributed by atoms with van der Waals surface area (Å²) in [6.07, 6.45) is 3.78. The lowest BCUT2D eigenvalue weighted by atomic mass is 10.0. The molecule has 2 aliphatic rings. The van der Waals surface area contributed by atoms with Crippen molar-refractivity contribution >= 4 is 11.8 Å². The molecule has 0 radical (unpaired) electrons. The lowest BCUT2D eigenvalue weighted by Gasteiger charge is -2.37. The number of hydrogen-bond donors (Lipinski definition) is 1. The van der Waals surface area contributed by atoms with E-state index < -0.39 is 0 Å². The molecule has 0 bridgehead atoms. The fourth-order valence-electron chi connectivity index (χ4n) is 3.00. The molecule has 0 aromatic rings. The first-order valence-electron chi connectivity index (χ1n) is 8.02. The van der Waals surface area contributed by atoms with Crippen LogP contribution in [-0.4, -0.2) is 85.9 Å². The third kappa shape index (κ3) is 4.41. The molecule has 1 N–H and O–H groups in total. The Morgan fingerprint density at radius 2 is 1.71 bits per heavy atom. The summed E-state index contributed by atoms with van der Waals surface area (Å²) in [7, 11) is 3.90. The Balaban J connectivity index is 1.66. The maximum absolute atomic E-state index is 11.9. The highest BCUT2D eigenvalue weighted by atomic mass is 16.2. The Morgan fingerprint density at radius 1 is 1.10 bits per heavy atom. The molecule has 2 rings (SSSR count). The second-order valence-electron chi connectivity index (χ2n) is 6.11. The number of likely N-dealkylation sites (N-methyl/N-ethyl adjacent to an activating group) is 1. The summed E-state index contributed by atoms with van der Waals surface area (Å²) in [5.74, 6) is 0.473. The van der Waals surface area contributed by atoms with Crippen LogP contribution in [0.3, 0.4) is 0 Å². The molecule has 0 atom stereocenters. The standard InChI is InChI=1S/C15H28N4O2/c1-16-12-15(21)19-10-4-13(5-11-19)17(2)9-6-14(20)18-7-3-8-18/h13,16H,3-12H2,1-2H3. The van der Waals surface area contributed by atoms with Gasteiger partial charge in [-0.15, -0.1) is 0 Å². The van der Waals surface area contributed by atoms with E-state index in [2.05, 4.69) is 17.3 Å². The molecule has 2 amide bonds. The molecule has 2 heterocycles. The molecule has 2 fully saturated rings. The number of likely N-dealkylation sites (tertiary alicyclic amines) is 2. The van der Waals surface area contributed by atoms with Gasteiger partial charge in [0.05, 0.1) is 6.54 Å². The van der Waals surface area contributed by atoms with Crippen LogP contribution in [0.4, 0.5) is 0 Å². The van der Waals surface area contributed by atoms with E-state index in [-0.39, 0.29) is 11.8 Å². The largest absolute Gasteiger partial charge is 0.343 e. The number of nitrogens with one attached hydrogen (secondary N) is 1. The summed E-state index contributed by atoms with van der Waals surface area (Å²) in [4.78, 5) is 29.8. The molecular weight excluding hydrogens is 268 g/mol. The molecule has 2 saturated heterocycles. The van der Waals surface area contributed by atoms with Crippen LogP contribution in [0, 0.1) is 0 Å². The fraction of sp³-hybridized carbons (Fsp3) is 0.867. The minimum absolute atomic E-state index is 0.187. The van der Waals surface area contributed by atoms with Crippen LogP contribution in [0.15, 0.2) is 0 Å². The highest BCUT2D eigenvalue weighted by Crippen LogP contribution is 2.16. The van der Waals surface area contributed by atoms with E-state index in [0.29, 0.717) is 19.0 Å². The number of rotatable bonds is 6. The van der Waals surface area contributed by atoms with Crippen LogP contribution in [-0.2, 0) is 9.59 Å². The number of nitrogens with zero attached hydrogens (tertiary/aromatic N) is 3. The monoisotopic (exact) mass is 296 g/mol. The van der Waals surface area contributed by atoms with Crippen molar-refractivity contribution in [3.8, 4) is 0 Å². The minimum atomic E-state index is 0.187. The SMILES string of the molecule is CNCC(=O)N1CCC(N(C)CCC(=O)N2CCC2)CC1. The van der Waals surface area contributed by atoms with Gasteiger partial charge in [0.1, 0.15) is 0 Å². The Bertz CT molecular complexity index is 363. The smallest absolute Gasteiger partial charge is 0.236 e. The number of carbonyl (C=O) groups excluding carboxylic acids is 2. The van der Waals surface area contributed by atoms with E-state index in [1.54, 1.807) is 7.05 Å². The van der Waals surface area contributed by atoms with Gasteiger partial charge in [0, 0.05) is 45.2 Å². The van der Waals surface area contributed by atoms with Crippen LogP contribution in [0.25, 0.3) is 0 Å². The van der Waals surface area contributed by atoms with Crippen molar-refractivity contribution in [2.45, 2.75) is 31.7 Å². The Labute approximate surface area is 127 Å². The van der Waals surface area contributed by atoms with Gasteiger partial charge in [0.15, 0.2) is 0 Å². The van der Waals surface area contributed by atoms with Crippen molar-refractivity contribution in [1.29, 1.82) is 0 Å². The first kappa shape index (κ1) is 16.2. The van der Waals surface area contributed by atoms with Crippen molar-refractivity contribution in [3.63, 3.8) is 0 Å². The zero-order valence-corrected chi connectivity index (χ0v) is 13.3. The number of piperidine rings is 1. The summed E-state index contributed by atoms with van der Waals surface area (Å²) < 4.78 is 0. The number of amides is 2. The molecule has 2 aliphatic heterocycles. The molecule has 0 saturated carbocycles. The molecule has 0 aliphatic carbocycles. The van der Waals surface area contributed by atoms with Crippen LogP contribution in [0.1, 0.15) is 25.7 Å².